The zero-order chi connectivity index (χ0) is 17.9. The number of carbonyl (C=O) groups is 1. The average molecular weight is 360 g/mol. The van der Waals surface area contributed by atoms with Gasteiger partial charge in [-0.2, -0.15) is 0 Å². The number of nitrogens with zero attached hydrogens (tertiary/aromatic N) is 3. The van der Waals surface area contributed by atoms with Crippen LogP contribution in [0.2, 0.25) is 0 Å². The zero-order valence-corrected chi connectivity index (χ0v) is 15.0. The Labute approximate surface area is 154 Å². The lowest BCUT2D eigenvalue weighted by Gasteiger charge is -2.07. The van der Waals surface area contributed by atoms with E-state index < -0.39 is 0 Å². The van der Waals surface area contributed by atoms with Gasteiger partial charge in [-0.1, -0.05) is 30.3 Å². The highest BCUT2D eigenvalue weighted by Crippen LogP contribution is 2.23. The van der Waals surface area contributed by atoms with Crippen LogP contribution in [-0.2, 0) is 6.54 Å². The molecule has 0 fully saturated rings. The Morgan fingerprint density at radius 1 is 1.12 bits per heavy atom. The van der Waals surface area contributed by atoms with Gasteiger partial charge in [0.05, 0.1) is 23.5 Å². The minimum atomic E-state index is -0.157. The van der Waals surface area contributed by atoms with Crippen LogP contribution in [0.1, 0.15) is 21.7 Å². The van der Waals surface area contributed by atoms with Gasteiger partial charge in [0.25, 0.3) is 5.91 Å². The molecule has 4 aromatic rings. The van der Waals surface area contributed by atoms with E-state index in [4.69, 9.17) is 0 Å². The number of hydrogen-bond acceptors (Lipinski definition) is 5. The van der Waals surface area contributed by atoms with Crippen LogP contribution in [0.5, 0.6) is 0 Å². The molecule has 1 N–H and O–H groups in total. The quantitative estimate of drug-likeness (QED) is 0.597. The fourth-order valence-electron chi connectivity index (χ4n) is 2.69. The Morgan fingerprint density at radius 2 is 1.96 bits per heavy atom. The maximum absolute atomic E-state index is 12.6. The van der Waals surface area contributed by atoms with E-state index in [1.54, 1.807) is 17.5 Å². The lowest BCUT2D eigenvalue weighted by molar-refractivity contribution is 0.0949. The predicted octanol–water partition coefficient (Wildman–Crippen LogP) is 3.99. The monoisotopic (exact) mass is 360 g/mol. The Morgan fingerprint density at radius 3 is 2.81 bits per heavy atom. The van der Waals surface area contributed by atoms with Gasteiger partial charge in [-0.05, 0) is 25.1 Å². The summed E-state index contributed by atoms with van der Waals surface area (Å²) >= 11 is 1.57. The SMILES string of the molecule is Cc1nc2ncccc2cc1C(=O)NCc1csc(-c2ccccc2)n1. The summed E-state index contributed by atoms with van der Waals surface area (Å²) in [5.74, 6) is -0.157. The smallest absolute Gasteiger partial charge is 0.253 e. The standard InChI is InChI=1S/C20H16N4OS/c1-13-17(10-15-8-5-9-21-18(15)23-13)19(25)22-11-16-12-26-20(24-16)14-6-3-2-4-7-14/h2-10,12H,11H2,1H3,(H,22,25). The molecule has 128 valence electrons. The molecule has 4 rings (SSSR count). The molecule has 0 atom stereocenters. The summed E-state index contributed by atoms with van der Waals surface area (Å²) < 4.78 is 0. The Hall–Kier alpha value is -3.12. The van der Waals surface area contributed by atoms with E-state index >= 15 is 0 Å². The molecule has 6 heteroatoms. The first-order chi connectivity index (χ1) is 12.7. The van der Waals surface area contributed by atoms with Crippen LogP contribution >= 0.6 is 11.3 Å². The molecule has 5 nitrogen and oxygen atoms in total. The molecule has 1 amide bonds. The van der Waals surface area contributed by atoms with Gasteiger partial charge in [0.15, 0.2) is 5.65 Å². The summed E-state index contributed by atoms with van der Waals surface area (Å²) in [5.41, 5.74) is 3.79. The molecule has 0 unspecified atom stereocenters. The first-order valence-corrected chi connectivity index (χ1v) is 9.09. The molecule has 0 spiro atoms. The van der Waals surface area contributed by atoms with Gasteiger partial charge in [0.1, 0.15) is 5.01 Å². The normalized spacial score (nSPS) is 10.8. The summed E-state index contributed by atoms with van der Waals surface area (Å²) in [6.07, 6.45) is 1.70. The Bertz CT molecular complexity index is 1080. The summed E-state index contributed by atoms with van der Waals surface area (Å²) in [5, 5.41) is 6.70. The van der Waals surface area contributed by atoms with Crippen molar-refractivity contribution in [1.29, 1.82) is 0 Å². The molecule has 0 radical (unpaired) electrons. The number of fused-ring (bicyclic) bond motifs is 1. The molecular weight excluding hydrogens is 344 g/mol. The molecule has 0 aliphatic rings. The number of thiazole rings is 1. The molecule has 1 aromatic carbocycles. The van der Waals surface area contributed by atoms with Gasteiger partial charge in [-0.3, -0.25) is 4.79 Å². The topological polar surface area (TPSA) is 67.8 Å². The molecule has 3 heterocycles. The van der Waals surface area contributed by atoms with Crippen molar-refractivity contribution in [2.75, 3.05) is 0 Å². The number of amides is 1. The van der Waals surface area contributed by atoms with Crippen molar-refractivity contribution in [3.05, 3.63) is 77.1 Å². The van der Waals surface area contributed by atoms with Crippen LogP contribution in [-0.4, -0.2) is 20.9 Å². The van der Waals surface area contributed by atoms with E-state index in [0.29, 0.717) is 23.4 Å². The first kappa shape index (κ1) is 16.4. The van der Waals surface area contributed by atoms with Gasteiger partial charge >= 0.3 is 0 Å². The summed E-state index contributed by atoms with van der Waals surface area (Å²) in [4.78, 5) is 25.8. The number of rotatable bonds is 4. The number of benzene rings is 1. The maximum atomic E-state index is 12.6. The molecule has 0 saturated carbocycles. The summed E-state index contributed by atoms with van der Waals surface area (Å²) in [7, 11) is 0. The van der Waals surface area contributed by atoms with Crippen LogP contribution in [0, 0.1) is 6.92 Å². The highest BCUT2D eigenvalue weighted by molar-refractivity contribution is 7.13. The number of nitrogens with one attached hydrogen (secondary N) is 1. The highest BCUT2D eigenvalue weighted by Gasteiger charge is 2.13. The van der Waals surface area contributed by atoms with Gasteiger partial charge < -0.3 is 5.32 Å². The molecule has 0 saturated heterocycles. The maximum Gasteiger partial charge on any atom is 0.253 e. The minimum absolute atomic E-state index is 0.157. The largest absolute Gasteiger partial charge is 0.346 e. The third kappa shape index (κ3) is 3.32. The third-order valence-electron chi connectivity index (χ3n) is 4.03. The average Bonchev–Trinajstić information content (AvgIpc) is 3.15. The van der Waals surface area contributed by atoms with E-state index in [-0.39, 0.29) is 5.91 Å². The van der Waals surface area contributed by atoms with Crippen LogP contribution in [0.3, 0.4) is 0 Å². The van der Waals surface area contributed by atoms with E-state index in [1.807, 2.05) is 60.8 Å². The second-order valence-corrected chi connectivity index (χ2v) is 6.72. The van der Waals surface area contributed by atoms with Gasteiger partial charge in [0, 0.05) is 22.5 Å². The van der Waals surface area contributed by atoms with E-state index in [2.05, 4.69) is 20.3 Å². The van der Waals surface area contributed by atoms with Crippen molar-refractivity contribution in [3.8, 4) is 10.6 Å². The number of hydrogen-bond donors (Lipinski definition) is 1. The van der Waals surface area contributed by atoms with Crippen molar-refractivity contribution in [1.82, 2.24) is 20.3 Å². The molecule has 26 heavy (non-hydrogen) atoms. The van der Waals surface area contributed by atoms with E-state index in [1.165, 1.54) is 0 Å². The van der Waals surface area contributed by atoms with Gasteiger partial charge in [0.2, 0.25) is 0 Å². The van der Waals surface area contributed by atoms with Gasteiger partial charge in [-0.25, -0.2) is 15.0 Å². The molecule has 0 aliphatic heterocycles. The van der Waals surface area contributed by atoms with Crippen LogP contribution in [0.4, 0.5) is 0 Å². The van der Waals surface area contributed by atoms with Crippen molar-refractivity contribution >= 4 is 28.3 Å². The molecule has 0 aliphatic carbocycles. The van der Waals surface area contributed by atoms with Crippen LogP contribution < -0.4 is 5.32 Å². The fourth-order valence-corrected chi connectivity index (χ4v) is 3.52. The first-order valence-electron chi connectivity index (χ1n) is 8.21. The number of aromatic nitrogens is 3. The fraction of sp³-hybridized carbons (Fsp3) is 0.100. The second kappa shape index (κ2) is 7.01. The van der Waals surface area contributed by atoms with Gasteiger partial charge in [-0.15, -0.1) is 11.3 Å². The summed E-state index contributed by atoms with van der Waals surface area (Å²) in [6, 6.07) is 15.6. The van der Waals surface area contributed by atoms with Crippen molar-refractivity contribution in [2.45, 2.75) is 13.5 Å². The van der Waals surface area contributed by atoms with Crippen molar-refractivity contribution in [3.63, 3.8) is 0 Å². The Kier molecular flexibility index (Phi) is 4.41. The van der Waals surface area contributed by atoms with Crippen LogP contribution in [0.25, 0.3) is 21.6 Å². The van der Waals surface area contributed by atoms with Crippen LogP contribution in [0.15, 0.2) is 60.1 Å². The van der Waals surface area contributed by atoms with Crippen molar-refractivity contribution in [2.24, 2.45) is 0 Å². The lowest BCUT2D eigenvalue weighted by Crippen LogP contribution is -2.24. The minimum Gasteiger partial charge on any atom is -0.346 e. The number of aryl methyl sites for hydroxylation is 1. The summed E-state index contributed by atoms with van der Waals surface area (Å²) in [6.45, 7) is 2.20. The highest BCUT2D eigenvalue weighted by atomic mass is 32.1. The number of pyridine rings is 2. The zero-order valence-electron chi connectivity index (χ0n) is 14.1. The molecule has 3 aromatic heterocycles. The Balaban J connectivity index is 1.49. The predicted molar refractivity (Wildman–Crippen MR) is 103 cm³/mol. The molecule has 0 bridgehead atoms. The van der Waals surface area contributed by atoms with E-state index in [0.717, 1.165) is 21.7 Å². The van der Waals surface area contributed by atoms with Crippen molar-refractivity contribution < 1.29 is 4.79 Å². The van der Waals surface area contributed by atoms with E-state index in [9.17, 15) is 4.79 Å². The lowest BCUT2D eigenvalue weighted by atomic mass is 10.1. The molecular formula is C20H16N4OS. The third-order valence-corrected chi connectivity index (χ3v) is 4.97. The number of carbonyl (C=O) groups excluding carboxylic acids is 1. The second-order valence-electron chi connectivity index (χ2n) is 5.86.